The fraction of sp³-hybridized carbons (Fsp3) is 0.682. The van der Waals surface area contributed by atoms with Gasteiger partial charge in [0, 0.05) is 5.75 Å². The van der Waals surface area contributed by atoms with Gasteiger partial charge in [-0.15, -0.1) is 0 Å². The molecular formula is C22H36O2S. The lowest BCUT2D eigenvalue weighted by Crippen LogP contribution is -2.20. The molecular weight excluding hydrogens is 328 g/mol. The van der Waals surface area contributed by atoms with Crippen LogP contribution in [0, 0.1) is 11.8 Å². The van der Waals surface area contributed by atoms with Gasteiger partial charge < -0.3 is 5.11 Å². The van der Waals surface area contributed by atoms with Crippen LogP contribution in [0.2, 0.25) is 0 Å². The Morgan fingerprint density at radius 2 is 1.68 bits per heavy atom. The highest BCUT2D eigenvalue weighted by Crippen LogP contribution is 2.22. The molecule has 0 aliphatic heterocycles. The number of unbranched alkanes of at least 4 members (excludes halogenated alkanes) is 5. The van der Waals surface area contributed by atoms with E-state index < -0.39 is 5.97 Å². The van der Waals surface area contributed by atoms with Crippen molar-refractivity contribution in [2.24, 2.45) is 11.8 Å². The molecule has 1 aromatic carbocycles. The number of aliphatic carboxylic acids is 1. The molecule has 0 aliphatic rings. The highest BCUT2D eigenvalue weighted by molar-refractivity contribution is 7.99. The van der Waals surface area contributed by atoms with E-state index in [2.05, 4.69) is 13.8 Å². The van der Waals surface area contributed by atoms with Crippen LogP contribution >= 0.6 is 11.8 Å². The van der Waals surface area contributed by atoms with Gasteiger partial charge in [-0.05, 0) is 30.1 Å². The molecule has 0 bridgehead atoms. The van der Waals surface area contributed by atoms with E-state index in [4.69, 9.17) is 0 Å². The van der Waals surface area contributed by atoms with E-state index >= 15 is 0 Å². The lowest BCUT2D eigenvalue weighted by Gasteiger charge is -2.17. The first-order valence-electron chi connectivity index (χ1n) is 10.0. The second-order valence-corrected chi connectivity index (χ2v) is 8.17. The molecule has 1 rings (SSSR count). The molecule has 0 aromatic heterocycles. The summed E-state index contributed by atoms with van der Waals surface area (Å²) in [6, 6.07) is 9.98. The van der Waals surface area contributed by atoms with Gasteiger partial charge in [0.15, 0.2) is 0 Å². The molecule has 0 saturated carbocycles. The quantitative estimate of drug-likeness (QED) is 0.364. The highest BCUT2D eigenvalue weighted by Gasteiger charge is 2.18. The third-order valence-electron chi connectivity index (χ3n) is 4.89. The second-order valence-electron chi connectivity index (χ2n) is 7.09. The van der Waals surface area contributed by atoms with Crippen LogP contribution in [0.15, 0.2) is 30.3 Å². The standard InChI is InChI=1S/C22H36O2S/c1-3-5-6-7-8-10-13-19(4-2)17-25-18-21(22(23)24)16-20-14-11-9-12-15-20/h9,11-12,14-15,19,21H,3-8,10,13,16-18H2,1-2H3,(H,23,24). The van der Waals surface area contributed by atoms with E-state index in [-0.39, 0.29) is 5.92 Å². The molecule has 0 aliphatic carbocycles. The number of hydrogen-bond donors (Lipinski definition) is 1. The van der Waals surface area contributed by atoms with Crippen LogP contribution in [0.1, 0.15) is 70.8 Å². The fourth-order valence-corrected chi connectivity index (χ4v) is 4.53. The SMILES string of the molecule is CCCCCCCCC(CC)CSCC(Cc1ccccc1)C(=O)O. The normalized spacial score (nSPS) is 13.5. The van der Waals surface area contributed by atoms with Crippen LogP contribution in [-0.4, -0.2) is 22.6 Å². The maximum atomic E-state index is 11.5. The zero-order valence-corrected chi connectivity index (χ0v) is 16.9. The summed E-state index contributed by atoms with van der Waals surface area (Å²) in [6.07, 6.45) is 11.2. The Balaban J connectivity index is 2.25. The van der Waals surface area contributed by atoms with Crippen molar-refractivity contribution < 1.29 is 9.90 Å². The smallest absolute Gasteiger partial charge is 0.307 e. The maximum Gasteiger partial charge on any atom is 0.307 e. The molecule has 0 saturated heterocycles. The third kappa shape index (κ3) is 10.6. The molecule has 0 radical (unpaired) electrons. The van der Waals surface area contributed by atoms with Crippen LogP contribution in [0.25, 0.3) is 0 Å². The molecule has 2 unspecified atom stereocenters. The molecule has 1 aromatic rings. The van der Waals surface area contributed by atoms with Gasteiger partial charge in [-0.3, -0.25) is 4.79 Å². The van der Waals surface area contributed by atoms with Crippen molar-refractivity contribution >= 4 is 17.7 Å². The van der Waals surface area contributed by atoms with Gasteiger partial charge in [-0.25, -0.2) is 0 Å². The van der Waals surface area contributed by atoms with E-state index in [0.29, 0.717) is 6.42 Å². The minimum Gasteiger partial charge on any atom is -0.481 e. The molecule has 0 spiro atoms. The van der Waals surface area contributed by atoms with E-state index in [0.717, 1.165) is 23.0 Å². The van der Waals surface area contributed by atoms with Crippen LogP contribution < -0.4 is 0 Å². The van der Waals surface area contributed by atoms with E-state index in [1.807, 2.05) is 42.1 Å². The maximum absolute atomic E-state index is 11.5. The summed E-state index contributed by atoms with van der Waals surface area (Å²) in [4.78, 5) is 11.5. The Kier molecular flexibility index (Phi) is 12.6. The largest absolute Gasteiger partial charge is 0.481 e. The molecule has 1 N–H and O–H groups in total. The molecule has 0 fully saturated rings. The zero-order valence-electron chi connectivity index (χ0n) is 16.1. The summed E-state index contributed by atoms with van der Waals surface area (Å²) >= 11 is 1.83. The predicted molar refractivity (Wildman–Crippen MR) is 110 cm³/mol. The number of rotatable bonds is 15. The lowest BCUT2D eigenvalue weighted by molar-refractivity contribution is -0.140. The monoisotopic (exact) mass is 364 g/mol. The van der Waals surface area contributed by atoms with Gasteiger partial charge in [0.05, 0.1) is 5.92 Å². The summed E-state index contributed by atoms with van der Waals surface area (Å²) in [5.74, 6) is 1.61. The average molecular weight is 365 g/mol. The van der Waals surface area contributed by atoms with Crippen molar-refractivity contribution in [1.29, 1.82) is 0 Å². The minimum absolute atomic E-state index is 0.279. The van der Waals surface area contributed by atoms with E-state index in [1.165, 1.54) is 51.4 Å². The Hall–Kier alpha value is -0.960. The second kappa shape index (κ2) is 14.2. The fourth-order valence-electron chi connectivity index (χ4n) is 3.11. The third-order valence-corrected chi connectivity index (χ3v) is 6.24. The summed E-state index contributed by atoms with van der Waals surface area (Å²) in [5.41, 5.74) is 1.12. The number of carboxylic acid groups (broad SMARTS) is 1. The van der Waals surface area contributed by atoms with E-state index in [9.17, 15) is 9.90 Å². The van der Waals surface area contributed by atoms with Gasteiger partial charge in [-0.1, -0.05) is 89.1 Å². The van der Waals surface area contributed by atoms with Crippen molar-refractivity contribution in [3.05, 3.63) is 35.9 Å². The average Bonchev–Trinajstić information content (AvgIpc) is 2.62. The predicted octanol–water partition coefficient (Wildman–Crippen LogP) is 6.44. The summed E-state index contributed by atoms with van der Waals surface area (Å²) < 4.78 is 0. The van der Waals surface area contributed by atoms with Crippen molar-refractivity contribution in [3.63, 3.8) is 0 Å². The van der Waals surface area contributed by atoms with Gasteiger partial charge in [0.25, 0.3) is 0 Å². The molecule has 2 nitrogen and oxygen atoms in total. The minimum atomic E-state index is -0.666. The summed E-state index contributed by atoms with van der Waals surface area (Å²) in [6.45, 7) is 4.52. The summed E-state index contributed by atoms with van der Waals surface area (Å²) in [7, 11) is 0. The summed E-state index contributed by atoms with van der Waals surface area (Å²) in [5, 5.41) is 9.49. The van der Waals surface area contributed by atoms with Gasteiger partial charge in [0.2, 0.25) is 0 Å². The Labute approximate surface area is 158 Å². The first-order valence-corrected chi connectivity index (χ1v) is 11.2. The number of thioether (sulfide) groups is 1. The van der Waals surface area contributed by atoms with Crippen molar-refractivity contribution in [3.8, 4) is 0 Å². The first kappa shape index (κ1) is 22.1. The molecule has 142 valence electrons. The highest BCUT2D eigenvalue weighted by atomic mass is 32.2. The molecule has 3 heteroatoms. The van der Waals surface area contributed by atoms with Gasteiger partial charge >= 0.3 is 5.97 Å². The Bertz CT molecular complexity index is 447. The van der Waals surface area contributed by atoms with E-state index in [1.54, 1.807) is 0 Å². The molecule has 0 heterocycles. The number of hydrogen-bond acceptors (Lipinski definition) is 2. The topological polar surface area (TPSA) is 37.3 Å². The van der Waals surface area contributed by atoms with Gasteiger partial charge in [-0.2, -0.15) is 11.8 Å². The number of benzene rings is 1. The van der Waals surface area contributed by atoms with Crippen molar-refractivity contribution in [2.45, 2.75) is 71.6 Å². The molecule has 2 atom stereocenters. The zero-order chi connectivity index (χ0) is 18.3. The Morgan fingerprint density at radius 1 is 1.00 bits per heavy atom. The number of carboxylic acids is 1. The van der Waals surface area contributed by atoms with Crippen LogP contribution in [0.4, 0.5) is 0 Å². The van der Waals surface area contributed by atoms with Crippen molar-refractivity contribution in [2.75, 3.05) is 11.5 Å². The van der Waals surface area contributed by atoms with Crippen LogP contribution in [0.5, 0.6) is 0 Å². The first-order chi connectivity index (χ1) is 12.2. The van der Waals surface area contributed by atoms with Crippen molar-refractivity contribution in [1.82, 2.24) is 0 Å². The number of carbonyl (C=O) groups is 1. The lowest BCUT2D eigenvalue weighted by atomic mass is 10.00. The van der Waals surface area contributed by atoms with Crippen LogP contribution in [-0.2, 0) is 11.2 Å². The van der Waals surface area contributed by atoms with Gasteiger partial charge in [0.1, 0.15) is 0 Å². The van der Waals surface area contributed by atoms with Crippen LogP contribution in [0.3, 0.4) is 0 Å². The molecule has 0 amide bonds. The molecule has 25 heavy (non-hydrogen) atoms. The Morgan fingerprint density at radius 3 is 2.32 bits per heavy atom.